The average molecular weight is 170 g/mol. The second kappa shape index (κ2) is 4.87. The van der Waals surface area contributed by atoms with E-state index in [1.807, 2.05) is 5.01 Å². The molecule has 12 heavy (non-hydrogen) atoms. The molecule has 0 N–H and O–H groups in total. The first-order valence-corrected chi connectivity index (χ1v) is 4.12. The molecule has 0 aromatic heterocycles. The van der Waals surface area contributed by atoms with Crippen LogP contribution >= 0.6 is 0 Å². The molecule has 0 bridgehead atoms. The van der Waals surface area contributed by atoms with E-state index in [1.54, 1.807) is 7.11 Å². The van der Waals surface area contributed by atoms with Gasteiger partial charge in [0.05, 0.1) is 18.9 Å². The van der Waals surface area contributed by atoms with Crippen molar-refractivity contribution in [2.75, 3.05) is 20.3 Å². The predicted molar refractivity (Wildman–Crippen MR) is 46.2 cm³/mol. The summed E-state index contributed by atoms with van der Waals surface area (Å²) in [5.74, 6) is 0. The number of hydrogen-bond donors (Lipinski definition) is 0. The van der Waals surface area contributed by atoms with Crippen molar-refractivity contribution in [3.8, 4) is 0 Å². The smallest absolute Gasteiger partial charge is 0.162 e. The van der Waals surface area contributed by atoms with E-state index in [0.29, 0.717) is 18.9 Å². The summed E-state index contributed by atoms with van der Waals surface area (Å²) < 4.78 is 5.03. The molecule has 0 aromatic rings. The number of nitrogens with zero attached hydrogens (tertiary/aromatic N) is 2. The van der Waals surface area contributed by atoms with Crippen molar-refractivity contribution < 1.29 is 9.53 Å². The molecule has 1 saturated heterocycles. The molecule has 1 atom stereocenters. The Bertz CT molecular complexity index is 170. The number of rotatable bonds is 4. The highest BCUT2D eigenvalue weighted by atomic mass is 16.5. The van der Waals surface area contributed by atoms with E-state index in [-0.39, 0.29) is 0 Å². The summed E-state index contributed by atoms with van der Waals surface area (Å²) in [6.07, 6.45) is 4.21. The third-order valence-corrected chi connectivity index (χ3v) is 1.98. The maximum Gasteiger partial charge on any atom is 0.162 e. The molecule has 1 fully saturated rings. The Morgan fingerprint density at radius 3 is 3.25 bits per heavy atom. The molecule has 68 valence electrons. The first kappa shape index (κ1) is 9.19. The van der Waals surface area contributed by atoms with Gasteiger partial charge in [-0.2, -0.15) is 5.10 Å². The third kappa shape index (κ3) is 2.30. The molecule has 0 unspecified atom stereocenters. The van der Waals surface area contributed by atoms with E-state index in [1.165, 1.54) is 6.21 Å². The van der Waals surface area contributed by atoms with Crippen molar-refractivity contribution in [2.45, 2.75) is 18.9 Å². The van der Waals surface area contributed by atoms with Crippen molar-refractivity contribution in [1.29, 1.82) is 0 Å². The van der Waals surface area contributed by atoms with Crippen LogP contribution in [0, 0.1) is 0 Å². The molecule has 0 radical (unpaired) electrons. The van der Waals surface area contributed by atoms with Crippen molar-refractivity contribution >= 4 is 12.5 Å². The fourth-order valence-corrected chi connectivity index (χ4v) is 1.45. The average Bonchev–Trinajstić information content (AvgIpc) is 2.50. The van der Waals surface area contributed by atoms with Crippen LogP contribution in [0.3, 0.4) is 0 Å². The molecule has 1 heterocycles. The zero-order chi connectivity index (χ0) is 8.81. The Labute approximate surface area is 72.2 Å². The molecule has 0 aliphatic carbocycles. The van der Waals surface area contributed by atoms with Gasteiger partial charge in [0, 0.05) is 13.7 Å². The standard InChI is InChI=1S/C8H14N2O2/c1-12-7-8-3-2-5-10(8)9-4-6-11/h4,6,8H,2-3,5,7H2,1H3/t8-/m0/s1. The monoisotopic (exact) mass is 170 g/mol. The summed E-state index contributed by atoms with van der Waals surface area (Å²) in [5.41, 5.74) is 0. The van der Waals surface area contributed by atoms with Crippen LogP contribution in [0.15, 0.2) is 5.10 Å². The van der Waals surface area contributed by atoms with Crippen molar-refractivity contribution in [3.63, 3.8) is 0 Å². The molecular weight excluding hydrogens is 156 g/mol. The predicted octanol–water partition coefficient (Wildman–Crippen LogP) is 0.282. The summed E-state index contributed by atoms with van der Waals surface area (Å²) in [4.78, 5) is 10.0. The number of carbonyl (C=O) groups is 1. The molecule has 0 amide bonds. The zero-order valence-corrected chi connectivity index (χ0v) is 7.27. The van der Waals surface area contributed by atoms with E-state index in [2.05, 4.69) is 5.10 Å². The van der Waals surface area contributed by atoms with Crippen molar-refractivity contribution in [3.05, 3.63) is 0 Å². The largest absolute Gasteiger partial charge is 0.382 e. The number of hydrazone groups is 1. The fourth-order valence-electron chi connectivity index (χ4n) is 1.45. The van der Waals surface area contributed by atoms with E-state index < -0.39 is 0 Å². The van der Waals surface area contributed by atoms with Gasteiger partial charge in [0.25, 0.3) is 0 Å². The lowest BCUT2D eigenvalue weighted by molar-refractivity contribution is -0.102. The minimum atomic E-state index is 0.353. The summed E-state index contributed by atoms with van der Waals surface area (Å²) in [7, 11) is 1.68. The minimum absolute atomic E-state index is 0.353. The highest BCUT2D eigenvalue weighted by Crippen LogP contribution is 2.16. The number of carbonyl (C=O) groups excluding carboxylic acids is 1. The normalized spacial score (nSPS) is 23.8. The summed E-state index contributed by atoms with van der Waals surface area (Å²) >= 11 is 0. The van der Waals surface area contributed by atoms with Gasteiger partial charge in [-0.1, -0.05) is 0 Å². The number of aldehydes is 1. The fraction of sp³-hybridized carbons (Fsp3) is 0.750. The molecule has 0 saturated carbocycles. The van der Waals surface area contributed by atoms with Gasteiger partial charge >= 0.3 is 0 Å². The van der Waals surface area contributed by atoms with Gasteiger partial charge < -0.3 is 4.74 Å². The van der Waals surface area contributed by atoms with Crippen LogP contribution in [0.4, 0.5) is 0 Å². The van der Waals surface area contributed by atoms with Gasteiger partial charge in [-0.05, 0) is 12.8 Å². The highest BCUT2D eigenvalue weighted by molar-refractivity contribution is 6.12. The van der Waals surface area contributed by atoms with E-state index in [4.69, 9.17) is 4.74 Å². The van der Waals surface area contributed by atoms with Gasteiger partial charge in [0.1, 0.15) is 0 Å². The Balaban J connectivity index is 2.40. The van der Waals surface area contributed by atoms with Gasteiger partial charge in [0.2, 0.25) is 0 Å². The Kier molecular flexibility index (Phi) is 3.73. The summed E-state index contributed by atoms with van der Waals surface area (Å²) in [6.45, 7) is 1.62. The van der Waals surface area contributed by atoms with Crippen LogP contribution in [-0.2, 0) is 9.53 Å². The Hall–Kier alpha value is -0.900. The molecule has 1 rings (SSSR count). The van der Waals surface area contributed by atoms with Gasteiger partial charge in [0.15, 0.2) is 6.29 Å². The third-order valence-electron chi connectivity index (χ3n) is 1.98. The van der Waals surface area contributed by atoms with E-state index in [9.17, 15) is 4.79 Å². The lowest BCUT2D eigenvalue weighted by atomic mass is 10.2. The minimum Gasteiger partial charge on any atom is -0.382 e. The Morgan fingerprint density at radius 1 is 1.75 bits per heavy atom. The molecule has 1 aliphatic rings. The zero-order valence-electron chi connectivity index (χ0n) is 7.27. The van der Waals surface area contributed by atoms with Crippen LogP contribution in [0.25, 0.3) is 0 Å². The maximum atomic E-state index is 10.0. The van der Waals surface area contributed by atoms with Crippen LogP contribution in [0.5, 0.6) is 0 Å². The van der Waals surface area contributed by atoms with Crippen molar-refractivity contribution in [2.24, 2.45) is 5.10 Å². The van der Waals surface area contributed by atoms with E-state index >= 15 is 0 Å². The van der Waals surface area contributed by atoms with Gasteiger partial charge in [-0.3, -0.25) is 9.80 Å². The highest BCUT2D eigenvalue weighted by Gasteiger charge is 2.22. The lowest BCUT2D eigenvalue weighted by Crippen LogP contribution is -2.28. The second-order valence-electron chi connectivity index (χ2n) is 2.82. The number of hydrogen-bond acceptors (Lipinski definition) is 4. The molecule has 0 aromatic carbocycles. The second-order valence-corrected chi connectivity index (χ2v) is 2.82. The van der Waals surface area contributed by atoms with Gasteiger partial charge in [-0.15, -0.1) is 0 Å². The Morgan fingerprint density at radius 2 is 2.58 bits per heavy atom. The summed E-state index contributed by atoms with van der Waals surface area (Å²) in [5, 5.41) is 5.92. The van der Waals surface area contributed by atoms with Gasteiger partial charge in [-0.25, -0.2) is 0 Å². The van der Waals surface area contributed by atoms with Crippen molar-refractivity contribution in [1.82, 2.24) is 5.01 Å². The quantitative estimate of drug-likeness (QED) is 0.449. The molecule has 4 nitrogen and oxygen atoms in total. The molecular formula is C8H14N2O2. The lowest BCUT2D eigenvalue weighted by Gasteiger charge is -2.19. The first-order valence-electron chi connectivity index (χ1n) is 4.12. The van der Waals surface area contributed by atoms with Crippen LogP contribution in [0.2, 0.25) is 0 Å². The number of methoxy groups -OCH3 is 1. The first-order chi connectivity index (χ1) is 5.88. The van der Waals surface area contributed by atoms with Crippen LogP contribution in [-0.4, -0.2) is 43.8 Å². The number of ether oxygens (including phenoxy) is 1. The summed E-state index contributed by atoms with van der Waals surface area (Å²) in [6, 6.07) is 0.353. The van der Waals surface area contributed by atoms with Crippen LogP contribution in [0.1, 0.15) is 12.8 Å². The maximum absolute atomic E-state index is 10.0. The van der Waals surface area contributed by atoms with Crippen LogP contribution < -0.4 is 0 Å². The molecule has 0 spiro atoms. The van der Waals surface area contributed by atoms with E-state index in [0.717, 1.165) is 19.4 Å². The molecule has 1 aliphatic heterocycles. The SMILES string of the molecule is COC[C@@H]1CCCN1N=CC=O. The topological polar surface area (TPSA) is 41.9 Å². The molecule has 4 heteroatoms.